The second-order valence-corrected chi connectivity index (χ2v) is 8.46. The van der Waals surface area contributed by atoms with Crippen molar-refractivity contribution in [3.8, 4) is 5.75 Å². The second-order valence-electron chi connectivity index (χ2n) is 7.16. The van der Waals surface area contributed by atoms with E-state index in [9.17, 15) is 14.4 Å². The van der Waals surface area contributed by atoms with Crippen molar-refractivity contribution in [1.82, 2.24) is 0 Å². The molecule has 33 heavy (non-hydrogen) atoms. The molecule has 0 aliphatic carbocycles. The van der Waals surface area contributed by atoms with Gasteiger partial charge in [-0.1, -0.05) is 52.7 Å². The van der Waals surface area contributed by atoms with Gasteiger partial charge < -0.3 is 10.1 Å². The van der Waals surface area contributed by atoms with Crippen molar-refractivity contribution >= 4 is 56.7 Å². The summed E-state index contributed by atoms with van der Waals surface area (Å²) in [4.78, 5) is 39.2. The number of nitrogens with zero attached hydrogens (tertiary/aromatic N) is 1. The van der Waals surface area contributed by atoms with Gasteiger partial charge in [0.1, 0.15) is 16.5 Å². The minimum absolute atomic E-state index is 0.0160. The van der Waals surface area contributed by atoms with Gasteiger partial charge in [0.15, 0.2) is 0 Å². The first-order chi connectivity index (χ1) is 15.9. The summed E-state index contributed by atoms with van der Waals surface area (Å²) in [6, 6.07) is 20.4. The van der Waals surface area contributed by atoms with E-state index in [1.165, 1.54) is 0 Å². The number of hydrogen-bond donors (Lipinski definition) is 1. The molecule has 166 valence electrons. The molecule has 1 heterocycles. The number of nitrogens with one attached hydrogen (secondary N) is 1. The number of benzene rings is 3. The highest BCUT2D eigenvalue weighted by atomic mass is 79.9. The molecule has 1 N–H and O–H groups in total. The van der Waals surface area contributed by atoms with Crippen LogP contribution in [0.1, 0.15) is 22.8 Å². The minimum Gasteiger partial charge on any atom is -0.423 e. The molecule has 0 saturated heterocycles. The molecule has 0 fully saturated rings. The number of hydrogen-bond acceptors (Lipinski definition) is 5. The first kappa shape index (κ1) is 22.8. The Kier molecular flexibility index (Phi) is 6.62. The molecule has 0 unspecified atom stereocenters. The average molecular weight is 526 g/mol. The molecule has 1 aliphatic rings. The second kappa shape index (κ2) is 9.60. The molecule has 1 aliphatic heterocycles. The number of esters is 1. The monoisotopic (exact) mass is 524 g/mol. The van der Waals surface area contributed by atoms with E-state index >= 15 is 0 Å². The normalized spacial score (nSPS) is 13.5. The summed E-state index contributed by atoms with van der Waals surface area (Å²) in [6.45, 7) is 1.95. The van der Waals surface area contributed by atoms with Crippen molar-refractivity contribution in [2.45, 2.75) is 13.3 Å². The summed E-state index contributed by atoms with van der Waals surface area (Å²) in [5, 5.41) is 2.72. The zero-order valence-corrected chi connectivity index (χ0v) is 19.8. The molecule has 0 atom stereocenters. The highest BCUT2D eigenvalue weighted by Gasteiger charge is 2.39. The van der Waals surface area contributed by atoms with Crippen LogP contribution < -0.4 is 15.0 Å². The van der Waals surface area contributed by atoms with Gasteiger partial charge in [0, 0.05) is 10.2 Å². The van der Waals surface area contributed by atoms with Crippen LogP contribution in [0.15, 0.2) is 88.0 Å². The molecule has 0 radical (unpaired) electrons. The Balaban J connectivity index is 1.49. The smallest absolute Gasteiger partial charge is 0.343 e. The predicted octanol–water partition coefficient (Wildman–Crippen LogP) is 5.67. The van der Waals surface area contributed by atoms with Crippen molar-refractivity contribution in [3.63, 3.8) is 0 Å². The number of rotatable bonds is 6. The maximum atomic E-state index is 13.0. The lowest BCUT2D eigenvalue weighted by Gasteiger charge is -2.18. The Morgan fingerprint density at radius 2 is 1.64 bits per heavy atom. The summed E-state index contributed by atoms with van der Waals surface area (Å²) < 4.78 is 6.22. The Labute approximate surface area is 203 Å². The van der Waals surface area contributed by atoms with Crippen molar-refractivity contribution in [2.24, 2.45) is 0 Å². The summed E-state index contributed by atoms with van der Waals surface area (Å²) in [7, 11) is 0. The van der Waals surface area contributed by atoms with Crippen LogP contribution in [-0.2, 0) is 16.0 Å². The Bertz CT molecular complexity index is 1270. The lowest BCUT2D eigenvalue weighted by atomic mass is 10.1. The molecule has 2 amide bonds. The fourth-order valence-corrected chi connectivity index (χ4v) is 3.84. The minimum atomic E-state index is -0.584. The lowest BCUT2D eigenvalue weighted by molar-refractivity contribution is -0.120. The first-order valence-corrected chi connectivity index (χ1v) is 11.3. The molecule has 4 rings (SSSR count). The SMILES string of the molecule is CCc1ccccc1N1C(=O)C(Cl)=C(Nc2ccc(C(=O)Oc3ccc(Br)cc3)cc2)C1=O. The van der Waals surface area contributed by atoms with Crippen LogP contribution in [-0.4, -0.2) is 17.8 Å². The number of amides is 2. The van der Waals surface area contributed by atoms with Gasteiger partial charge in [-0.25, -0.2) is 9.69 Å². The van der Waals surface area contributed by atoms with Gasteiger partial charge in [-0.2, -0.15) is 0 Å². The first-order valence-electron chi connectivity index (χ1n) is 10.1. The quantitative estimate of drug-likeness (QED) is 0.255. The van der Waals surface area contributed by atoms with Crippen molar-refractivity contribution in [3.05, 3.63) is 99.1 Å². The topological polar surface area (TPSA) is 75.7 Å². The summed E-state index contributed by atoms with van der Waals surface area (Å²) in [5.41, 5.74) is 2.18. The van der Waals surface area contributed by atoms with Crippen LogP contribution in [0.25, 0.3) is 0 Å². The van der Waals surface area contributed by atoms with E-state index in [4.69, 9.17) is 16.3 Å². The molecule has 3 aromatic rings. The number of carbonyl (C=O) groups is 3. The summed E-state index contributed by atoms with van der Waals surface area (Å²) in [6.07, 6.45) is 0.658. The predicted molar refractivity (Wildman–Crippen MR) is 130 cm³/mol. The van der Waals surface area contributed by atoms with Crippen LogP contribution in [0.4, 0.5) is 11.4 Å². The van der Waals surface area contributed by atoms with Crippen molar-refractivity contribution < 1.29 is 19.1 Å². The van der Waals surface area contributed by atoms with Crippen LogP contribution in [0.2, 0.25) is 0 Å². The molecule has 0 bridgehead atoms. The Hall–Kier alpha value is -3.42. The Morgan fingerprint density at radius 3 is 2.30 bits per heavy atom. The van der Waals surface area contributed by atoms with E-state index in [-0.39, 0.29) is 10.7 Å². The van der Waals surface area contributed by atoms with Gasteiger partial charge in [-0.05, 0) is 66.6 Å². The molecule has 3 aromatic carbocycles. The third-order valence-electron chi connectivity index (χ3n) is 5.05. The molecule has 0 spiro atoms. The summed E-state index contributed by atoms with van der Waals surface area (Å²) in [5.74, 6) is -1.22. The largest absolute Gasteiger partial charge is 0.423 e. The number of para-hydroxylation sites is 1. The molecule has 6 nitrogen and oxygen atoms in total. The van der Waals surface area contributed by atoms with Crippen molar-refractivity contribution in [1.29, 1.82) is 0 Å². The van der Waals surface area contributed by atoms with E-state index in [1.807, 2.05) is 19.1 Å². The van der Waals surface area contributed by atoms with Gasteiger partial charge in [-0.3, -0.25) is 9.59 Å². The van der Waals surface area contributed by atoms with E-state index in [0.717, 1.165) is 14.9 Å². The van der Waals surface area contributed by atoms with Crippen molar-refractivity contribution in [2.75, 3.05) is 10.2 Å². The Morgan fingerprint density at radius 1 is 0.970 bits per heavy atom. The molecular formula is C25H18BrClN2O4. The molecule has 8 heteroatoms. The lowest BCUT2D eigenvalue weighted by Crippen LogP contribution is -2.33. The van der Waals surface area contributed by atoms with Crippen LogP contribution in [0.5, 0.6) is 5.75 Å². The van der Waals surface area contributed by atoms with E-state index < -0.39 is 17.8 Å². The molecular weight excluding hydrogens is 508 g/mol. The van der Waals surface area contributed by atoms with Crippen LogP contribution >= 0.6 is 27.5 Å². The molecule has 0 saturated carbocycles. The van der Waals surface area contributed by atoms with E-state index in [1.54, 1.807) is 60.7 Å². The summed E-state index contributed by atoms with van der Waals surface area (Å²) >= 11 is 9.55. The third kappa shape index (κ3) is 4.69. The highest BCUT2D eigenvalue weighted by Crippen LogP contribution is 2.32. The van der Waals surface area contributed by atoms with Gasteiger partial charge in [-0.15, -0.1) is 0 Å². The highest BCUT2D eigenvalue weighted by molar-refractivity contribution is 9.10. The van der Waals surface area contributed by atoms with E-state index in [2.05, 4.69) is 21.2 Å². The van der Waals surface area contributed by atoms with Gasteiger partial charge in [0.2, 0.25) is 0 Å². The van der Waals surface area contributed by atoms with Gasteiger partial charge in [0.25, 0.3) is 11.8 Å². The number of anilines is 2. The van der Waals surface area contributed by atoms with Crippen LogP contribution in [0.3, 0.4) is 0 Å². The standard InChI is InChI=1S/C25H18BrClN2O4/c1-2-15-5-3-4-6-20(15)29-23(30)21(27)22(24(29)31)28-18-11-7-16(8-12-18)25(32)33-19-13-9-17(26)10-14-19/h3-14,28H,2H2,1H3. The number of halogens is 2. The third-order valence-corrected chi connectivity index (χ3v) is 5.93. The fourth-order valence-electron chi connectivity index (χ4n) is 3.36. The number of imide groups is 1. The van der Waals surface area contributed by atoms with Gasteiger partial charge in [0.05, 0.1) is 11.3 Å². The molecule has 0 aromatic heterocycles. The van der Waals surface area contributed by atoms with Gasteiger partial charge >= 0.3 is 5.97 Å². The van der Waals surface area contributed by atoms with E-state index in [0.29, 0.717) is 29.1 Å². The zero-order valence-electron chi connectivity index (χ0n) is 17.5. The number of ether oxygens (including phenoxy) is 1. The maximum absolute atomic E-state index is 13.0. The number of carbonyl (C=O) groups excluding carboxylic acids is 3. The fraction of sp³-hybridized carbons (Fsp3) is 0.0800. The maximum Gasteiger partial charge on any atom is 0.343 e. The zero-order chi connectivity index (χ0) is 23.5. The average Bonchev–Trinajstić information content (AvgIpc) is 3.04. The van der Waals surface area contributed by atoms with Crippen LogP contribution in [0, 0.1) is 0 Å². The number of aryl methyl sites for hydroxylation is 1.